The minimum atomic E-state index is -1.66. The average molecular weight is 248 g/mol. The van der Waals surface area contributed by atoms with Gasteiger partial charge in [0.25, 0.3) is 0 Å². The van der Waals surface area contributed by atoms with E-state index in [0.29, 0.717) is 19.8 Å². The Balaban J connectivity index is 2.75. The first-order valence-corrected chi connectivity index (χ1v) is 5.71. The number of alkyl halides is 1. The van der Waals surface area contributed by atoms with Gasteiger partial charge in [-0.1, -0.05) is 0 Å². The largest absolute Gasteiger partial charge is 0.383 e. The summed E-state index contributed by atoms with van der Waals surface area (Å²) in [7, 11) is 3.09. The van der Waals surface area contributed by atoms with Crippen molar-refractivity contribution in [2.75, 3.05) is 40.5 Å². The predicted octanol–water partition coefficient (Wildman–Crippen LogP) is 1.09. The van der Waals surface area contributed by atoms with Crippen molar-refractivity contribution in [2.45, 2.75) is 25.7 Å². The van der Waals surface area contributed by atoms with Crippen molar-refractivity contribution in [1.29, 1.82) is 0 Å². The van der Waals surface area contributed by atoms with Crippen molar-refractivity contribution in [2.24, 2.45) is 0 Å². The summed E-state index contributed by atoms with van der Waals surface area (Å²) in [5.74, 6) is -1.66. The van der Waals surface area contributed by atoms with E-state index in [4.69, 9.17) is 9.47 Å². The van der Waals surface area contributed by atoms with Gasteiger partial charge in [0.05, 0.1) is 19.3 Å². The molecule has 2 unspecified atom stereocenters. The Kier molecular flexibility index (Phi) is 4.70. The van der Waals surface area contributed by atoms with Gasteiger partial charge in [0.15, 0.2) is 0 Å². The van der Waals surface area contributed by atoms with Crippen LogP contribution >= 0.6 is 0 Å². The third-order valence-corrected chi connectivity index (χ3v) is 3.29. The van der Waals surface area contributed by atoms with Crippen molar-refractivity contribution in [3.8, 4) is 0 Å². The van der Waals surface area contributed by atoms with E-state index in [1.807, 2.05) is 0 Å². The molecule has 0 radical (unpaired) electrons. The molecule has 1 heterocycles. The van der Waals surface area contributed by atoms with Gasteiger partial charge in [-0.05, 0) is 13.8 Å². The lowest BCUT2D eigenvalue weighted by atomic mass is 10.1. The summed E-state index contributed by atoms with van der Waals surface area (Å²) < 4.78 is 24.3. The number of methoxy groups -OCH3 is 2. The van der Waals surface area contributed by atoms with Crippen LogP contribution in [-0.2, 0) is 9.47 Å². The maximum absolute atomic E-state index is 14.5. The topological polar surface area (TPSA) is 42.0 Å². The lowest BCUT2D eigenvalue weighted by Crippen LogP contribution is -2.45. The van der Waals surface area contributed by atoms with Crippen LogP contribution in [0.4, 0.5) is 9.18 Å². The van der Waals surface area contributed by atoms with Crippen molar-refractivity contribution in [1.82, 2.24) is 9.80 Å². The van der Waals surface area contributed by atoms with E-state index in [2.05, 4.69) is 0 Å². The summed E-state index contributed by atoms with van der Waals surface area (Å²) in [4.78, 5) is 14.8. The van der Waals surface area contributed by atoms with Crippen LogP contribution in [-0.4, -0.2) is 68.2 Å². The number of hydrogen-bond acceptors (Lipinski definition) is 3. The van der Waals surface area contributed by atoms with Crippen molar-refractivity contribution in [3.63, 3.8) is 0 Å². The number of carbonyl (C=O) groups excluding carboxylic acids is 1. The fourth-order valence-electron chi connectivity index (χ4n) is 1.99. The molecule has 6 heteroatoms. The van der Waals surface area contributed by atoms with Gasteiger partial charge in [-0.15, -0.1) is 0 Å². The van der Waals surface area contributed by atoms with Crippen LogP contribution in [0.25, 0.3) is 0 Å². The zero-order valence-electron chi connectivity index (χ0n) is 10.9. The van der Waals surface area contributed by atoms with Crippen molar-refractivity contribution >= 4 is 6.03 Å². The maximum Gasteiger partial charge on any atom is 0.323 e. The summed E-state index contributed by atoms with van der Waals surface area (Å²) in [6, 6.07) is -0.779. The first kappa shape index (κ1) is 14.2. The lowest BCUT2D eigenvalue weighted by Gasteiger charge is -2.28. The lowest BCUT2D eigenvalue weighted by molar-refractivity contribution is 0.00529. The number of hydrogen-bond donors (Lipinski definition) is 0. The second kappa shape index (κ2) is 5.64. The molecule has 100 valence electrons. The second-order valence-corrected chi connectivity index (χ2v) is 4.31. The molecule has 2 atom stereocenters. The molecule has 1 aliphatic heterocycles. The molecule has 2 amide bonds. The third-order valence-electron chi connectivity index (χ3n) is 3.29. The van der Waals surface area contributed by atoms with Gasteiger partial charge >= 0.3 is 6.03 Å². The van der Waals surface area contributed by atoms with E-state index in [1.54, 1.807) is 14.0 Å². The van der Waals surface area contributed by atoms with Crippen molar-refractivity contribution in [3.05, 3.63) is 0 Å². The number of urea groups is 1. The van der Waals surface area contributed by atoms with E-state index in [1.165, 1.54) is 23.8 Å². The Morgan fingerprint density at radius 3 is 2.35 bits per heavy atom. The first-order chi connectivity index (χ1) is 7.96. The summed E-state index contributed by atoms with van der Waals surface area (Å²) in [5, 5.41) is 0. The minimum absolute atomic E-state index is 0.260. The molecule has 1 rings (SSSR count). The number of halogens is 1. The standard InChI is InChI=1S/C11H21FN2O3/c1-9-11(2,12)14(6-8-17-4)10(15)13(9)5-7-16-3/h9H,5-8H2,1-4H3. The molecular weight excluding hydrogens is 227 g/mol. The second-order valence-electron chi connectivity index (χ2n) is 4.31. The highest BCUT2D eigenvalue weighted by Crippen LogP contribution is 2.33. The Morgan fingerprint density at radius 2 is 1.82 bits per heavy atom. The van der Waals surface area contributed by atoms with Gasteiger partial charge in [0.2, 0.25) is 5.79 Å². The molecule has 0 aromatic rings. The zero-order valence-corrected chi connectivity index (χ0v) is 10.9. The van der Waals surface area contributed by atoms with Gasteiger partial charge in [-0.2, -0.15) is 0 Å². The molecular formula is C11H21FN2O3. The first-order valence-electron chi connectivity index (χ1n) is 5.71. The van der Waals surface area contributed by atoms with Crippen LogP contribution < -0.4 is 0 Å². The Labute approximate surface area is 101 Å². The van der Waals surface area contributed by atoms with Gasteiger partial charge in [0, 0.05) is 27.3 Å². The number of amides is 2. The molecule has 0 saturated carbocycles. The molecule has 1 saturated heterocycles. The molecule has 0 aromatic carbocycles. The van der Waals surface area contributed by atoms with Crippen molar-refractivity contribution < 1.29 is 18.7 Å². The van der Waals surface area contributed by atoms with Crippen LogP contribution in [0.1, 0.15) is 13.8 Å². The average Bonchev–Trinajstić information content (AvgIpc) is 2.43. The number of ether oxygens (including phenoxy) is 2. The highest BCUT2D eigenvalue weighted by atomic mass is 19.1. The number of carbonyl (C=O) groups is 1. The zero-order chi connectivity index (χ0) is 13.1. The number of rotatable bonds is 6. The SMILES string of the molecule is COCCN1C(=O)N(CCOC)C(C)(F)C1C. The molecule has 0 N–H and O–H groups in total. The van der Waals surface area contributed by atoms with Gasteiger partial charge in [-0.3, -0.25) is 4.90 Å². The molecule has 17 heavy (non-hydrogen) atoms. The van der Waals surface area contributed by atoms with Gasteiger partial charge < -0.3 is 14.4 Å². The van der Waals surface area contributed by atoms with E-state index >= 15 is 0 Å². The van der Waals surface area contributed by atoms with Crippen LogP contribution in [0.5, 0.6) is 0 Å². The van der Waals surface area contributed by atoms with Crippen LogP contribution in [0.2, 0.25) is 0 Å². The highest BCUT2D eigenvalue weighted by molar-refractivity contribution is 5.78. The number of nitrogens with zero attached hydrogens (tertiary/aromatic N) is 2. The summed E-state index contributed by atoms with van der Waals surface area (Å²) in [6.45, 7) is 4.54. The summed E-state index contributed by atoms with van der Waals surface area (Å²) in [6.07, 6.45) is 0. The molecule has 5 nitrogen and oxygen atoms in total. The van der Waals surface area contributed by atoms with E-state index < -0.39 is 11.8 Å². The van der Waals surface area contributed by atoms with Crippen LogP contribution in [0.15, 0.2) is 0 Å². The van der Waals surface area contributed by atoms with Gasteiger partial charge in [0.1, 0.15) is 0 Å². The van der Waals surface area contributed by atoms with E-state index in [-0.39, 0.29) is 12.6 Å². The molecule has 0 spiro atoms. The normalized spacial score (nSPS) is 29.2. The Morgan fingerprint density at radius 1 is 1.29 bits per heavy atom. The highest BCUT2D eigenvalue weighted by Gasteiger charge is 2.52. The van der Waals surface area contributed by atoms with E-state index in [9.17, 15) is 9.18 Å². The molecule has 0 aromatic heterocycles. The molecule has 1 aliphatic rings. The Bertz CT molecular complexity index is 273. The smallest absolute Gasteiger partial charge is 0.323 e. The Hall–Kier alpha value is -0.880. The molecule has 0 bridgehead atoms. The molecule has 1 fully saturated rings. The predicted molar refractivity (Wildman–Crippen MR) is 61.5 cm³/mol. The summed E-state index contributed by atoms with van der Waals surface area (Å²) in [5.41, 5.74) is 0. The fourth-order valence-corrected chi connectivity index (χ4v) is 1.99. The fraction of sp³-hybridized carbons (Fsp3) is 0.909. The third kappa shape index (κ3) is 2.69. The monoisotopic (exact) mass is 248 g/mol. The quantitative estimate of drug-likeness (QED) is 0.661. The maximum atomic E-state index is 14.5. The minimum Gasteiger partial charge on any atom is -0.383 e. The van der Waals surface area contributed by atoms with Crippen LogP contribution in [0.3, 0.4) is 0 Å². The van der Waals surface area contributed by atoms with Gasteiger partial charge in [-0.25, -0.2) is 9.18 Å². The van der Waals surface area contributed by atoms with Crippen LogP contribution in [0, 0.1) is 0 Å². The molecule has 0 aliphatic carbocycles. The summed E-state index contributed by atoms with van der Waals surface area (Å²) >= 11 is 0. The van der Waals surface area contributed by atoms with E-state index in [0.717, 1.165) is 0 Å².